The number of hydrogen-bond donors (Lipinski definition) is 2. The van der Waals surface area contributed by atoms with Crippen LogP contribution in [0.25, 0.3) is 11.1 Å². The molecule has 0 radical (unpaired) electrons. The normalized spacial score (nSPS) is 11.1. The van der Waals surface area contributed by atoms with E-state index >= 15 is 0 Å². The molecule has 2 aromatic carbocycles. The number of hydrogen-bond acceptors (Lipinski definition) is 4. The fraction of sp³-hybridized carbons (Fsp3) is 0.650. The third-order valence-electron chi connectivity index (χ3n) is 8.75. The van der Waals surface area contributed by atoms with E-state index < -0.39 is 0 Å². The van der Waals surface area contributed by atoms with E-state index in [0.717, 1.165) is 75.8 Å². The molecule has 0 aliphatic heterocycles. The van der Waals surface area contributed by atoms with Gasteiger partial charge in [-0.3, -0.25) is 20.2 Å². The van der Waals surface area contributed by atoms with Gasteiger partial charge in [0.25, 0.3) is 11.8 Å². The van der Waals surface area contributed by atoms with Crippen molar-refractivity contribution < 1.29 is 9.59 Å². The number of amides is 2. The molecule has 2 N–H and O–H groups in total. The smallest absolute Gasteiger partial charge is 0.254 e. The largest absolute Gasteiger partial charge is 0.326 e. The number of unbranched alkanes of at least 4 members (excludes halogenated alkanes) is 12. The van der Waals surface area contributed by atoms with Gasteiger partial charge in [0.05, 0.1) is 13.3 Å². The monoisotopic (exact) mass is 635 g/mol. The molecule has 2 rings (SSSR count). The van der Waals surface area contributed by atoms with E-state index in [0.29, 0.717) is 24.5 Å². The van der Waals surface area contributed by atoms with Crippen molar-refractivity contribution in [3.63, 3.8) is 0 Å². The first kappa shape index (κ1) is 39.5. The Balaban J connectivity index is 1.92. The minimum atomic E-state index is 0.0775. The molecule has 258 valence electrons. The fourth-order valence-electron chi connectivity index (χ4n) is 5.67. The Morgan fingerprint density at radius 1 is 0.457 bits per heavy atom. The molecule has 0 unspecified atom stereocenters. The van der Waals surface area contributed by atoms with Crippen molar-refractivity contribution in [2.24, 2.45) is 0 Å². The van der Waals surface area contributed by atoms with Crippen molar-refractivity contribution in [1.82, 2.24) is 20.4 Å². The number of nitrogens with zero attached hydrogens (tertiary/aromatic N) is 2. The van der Waals surface area contributed by atoms with E-state index in [-0.39, 0.29) is 11.8 Å². The maximum absolute atomic E-state index is 13.4. The van der Waals surface area contributed by atoms with Gasteiger partial charge in [-0.15, -0.1) is 0 Å². The Bertz CT molecular complexity index is 968. The lowest BCUT2D eigenvalue weighted by atomic mass is 10.0. The molecule has 0 heterocycles. The Labute approximate surface area is 282 Å². The number of rotatable bonds is 27. The second kappa shape index (κ2) is 25.4. The molecular weight excluding hydrogens is 568 g/mol. The van der Waals surface area contributed by atoms with Gasteiger partial charge in [0, 0.05) is 24.2 Å². The van der Waals surface area contributed by atoms with E-state index in [1.54, 1.807) is 0 Å². The van der Waals surface area contributed by atoms with Gasteiger partial charge in [0.2, 0.25) is 0 Å². The van der Waals surface area contributed by atoms with Crippen LogP contribution in [0.1, 0.15) is 151 Å². The van der Waals surface area contributed by atoms with E-state index in [1.165, 1.54) is 64.2 Å². The van der Waals surface area contributed by atoms with Gasteiger partial charge < -0.3 is 9.80 Å². The number of benzene rings is 2. The summed E-state index contributed by atoms with van der Waals surface area (Å²) in [7, 11) is 0. The van der Waals surface area contributed by atoms with Gasteiger partial charge in [-0.2, -0.15) is 0 Å². The van der Waals surface area contributed by atoms with Gasteiger partial charge in [-0.25, -0.2) is 0 Å². The van der Waals surface area contributed by atoms with Crippen molar-refractivity contribution >= 4 is 11.8 Å². The van der Waals surface area contributed by atoms with Crippen LogP contribution in [0.5, 0.6) is 0 Å². The molecule has 6 heteroatoms. The highest BCUT2D eigenvalue weighted by Crippen LogP contribution is 2.22. The van der Waals surface area contributed by atoms with Gasteiger partial charge >= 0.3 is 0 Å². The third kappa shape index (κ3) is 15.7. The molecule has 46 heavy (non-hydrogen) atoms. The van der Waals surface area contributed by atoms with Crippen LogP contribution >= 0.6 is 0 Å². The zero-order chi connectivity index (χ0) is 33.2. The van der Waals surface area contributed by atoms with Crippen molar-refractivity contribution in [1.29, 1.82) is 0 Å². The molecular formula is C40H66N4O2. The van der Waals surface area contributed by atoms with Gasteiger partial charge in [-0.05, 0) is 74.2 Å². The highest BCUT2D eigenvalue weighted by Gasteiger charge is 2.17. The molecule has 0 atom stereocenters. The topological polar surface area (TPSA) is 64.7 Å². The SMILES string of the molecule is CCCCCCCCNCN(CCCC)C(=O)c1ccc(-c2ccc(C(=O)N(CCCC)CNCCCCCCCC)cc2)cc1. The maximum atomic E-state index is 13.4. The van der Waals surface area contributed by atoms with E-state index in [9.17, 15) is 9.59 Å². The van der Waals surface area contributed by atoms with Crippen molar-refractivity contribution in [2.75, 3.05) is 39.5 Å². The predicted octanol–water partition coefficient (Wildman–Crippen LogP) is 9.65. The molecule has 2 amide bonds. The highest BCUT2D eigenvalue weighted by atomic mass is 16.2. The van der Waals surface area contributed by atoms with Gasteiger partial charge in [0.15, 0.2) is 0 Å². The number of carbonyl (C=O) groups excluding carboxylic acids is 2. The molecule has 2 aromatic rings. The van der Waals surface area contributed by atoms with Crippen LogP contribution in [-0.4, -0.2) is 61.1 Å². The summed E-state index contributed by atoms with van der Waals surface area (Å²) in [5.74, 6) is 0.155. The average molecular weight is 635 g/mol. The summed E-state index contributed by atoms with van der Waals surface area (Å²) >= 11 is 0. The van der Waals surface area contributed by atoms with Crippen molar-refractivity contribution in [2.45, 2.75) is 130 Å². The minimum Gasteiger partial charge on any atom is -0.326 e. The summed E-state index contributed by atoms with van der Waals surface area (Å²) < 4.78 is 0. The van der Waals surface area contributed by atoms with Crippen LogP contribution in [0.3, 0.4) is 0 Å². The molecule has 0 bridgehead atoms. The summed E-state index contributed by atoms with van der Waals surface area (Å²) in [6.07, 6.45) is 19.4. The third-order valence-corrected chi connectivity index (χ3v) is 8.75. The van der Waals surface area contributed by atoms with E-state index in [4.69, 9.17) is 0 Å². The second-order valence-electron chi connectivity index (χ2n) is 12.9. The average Bonchev–Trinajstić information content (AvgIpc) is 3.09. The fourth-order valence-corrected chi connectivity index (χ4v) is 5.67. The molecule has 0 aromatic heterocycles. The lowest BCUT2D eigenvalue weighted by Gasteiger charge is -2.23. The first-order valence-electron chi connectivity index (χ1n) is 18.8. The lowest BCUT2D eigenvalue weighted by Crippen LogP contribution is -2.40. The predicted molar refractivity (Wildman–Crippen MR) is 196 cm³/mol. The first-order chi connectivity index (χ1) is 22.5. The standard InChI is InChI=1S/C40H66N4O2/c1-5-9-13-15-17-19-29-41-33-43(31-11-7-3)39(45)37-25-21-35(22-26-37)36-23-27-38(28-24-36)40(46)44(32-12-8-4)34-42-30-20-18-16-14-10-6-2/h21-28,41-42H,5-20,29-34H2,1-4H3. The van der Waals surface area contributed by atoms with Crippen LogP contribution in [0.15, 0.2) is 48.5 Å². The summed E-state index contributed by atoms with van der Waals surface area (Å²) in [5.41, 5.74) is 3.52. The molecule has 0 spiro atoms. The quantitative estimate of drug-likeness (QED) is 0.0759. The maximum Gasteiger partial charge on any atom is 0.254 e. The first-order valence-corrected chi connectivity index (χ1v) is 18.8. The van der Waals surface area contributed by atoms with Crippen molar-refractivity contribution in [3.05, 3.63) is 59.7 Å². The highest BCUT2D eigenvalue weighted by molar-refractivity contribution is 5.95. The Hall–Kier alpha value is -2.70. The Morgan fingerprint density at radius 3 is 1.13 bits per heavy atom. The van der Waals surface area contributed by atoms with Gasteiger partial charge in [-0.1, -0.05) is 129 Å². The van der Waals surface area contributed by atoms with Crippen LogP contribution in [-0.2, 0) is 0 Å². The second-order valence-corrected chi connectivity index (χ2v) is 12.9. The summed E-state index contributed by atoms with van der Waals surface area (Å²) in [5, 5.41) is 7.00. The molecule has 0 saturated carbocycles. The Morgan fingerprint density at radius 2 is 0.783 bits per heavy atom. The molecule has 0 saturated heterocycles. The Kier molecular flexibility index (Phi) is 21.8. The molecule has 0 fully saturated rings. The number of carbonyl (C=O) groups is 2. The minimum absolute atomic E-state index is 0.0775. The summed E-state index contributed by atoms with van der Waals surface area (Å²) in [4.78, 5) is 30.7. The van der Waals surface area contributed by atoms with E-state index in [1.807, 2.05) is 58.3 Å². The zero-order valence-electron chi connectivity index (χ0n) is 29.9. The number of nitrogens with one attached hydrogen (secondary N) is 2. The molecule has 0 aliphatic carbocycles. The summed E-state index contributed by atoms with van der Waals surface area (Å²) in [6.45, 7) is 13.4. The van der Waals surface area contributed by atoms with E-state index in [2.05, 4.69) is 38.3 Å². The van der Waals surface area contributed by atoms with Crippen molar-refractivity contribution in [3.8, 4) is 11.1 Å². The summed E-state index contributed by atoms with van der Waals surface area (Å²) in [6, 6.07) is 15.8. The molecule has 0 aliphatic rings. The van der Waals surface area contributed by atoms with Gasteiger partial charge in [0.1, 0.15) is 0 Å². The van der Waals surface area contributed by atoms with Crippen LogP contribution in [0, 0.1) is 0 Å². The van der Waals surface area contributed by atoms with Crippen LogP contribution < -0.4 is 10.6 Å². The zero-order valence-corrected chi connectivity index (χ0v) is 29.9. The van der Waals surface area contributed by atoms with Crippen LogP contribution in [0.4, 0.5) is 0 Å². The van der Waals surface area contributed by atoms with Crippen LogP contribution in [0.2, 0.25) is 0 Å². The lowest BCUT2D eigenvalue weighted by molar-refractivity contribution is 0.0732. The molecule has 6 nitrogen and oxygen atoms in total.